The first-order valence-electron chi connectivity index (χ1n) is 12.0. The maximum Gasteiger partial charge on any atom is 0.252 e. The first-order valence-corrected chi connectivity index (χ1v) is 12.4. The number of nitrogens with one attached hydrogen (secondary N) is 1. The fraction of sp³-hybridized carbons (Fsp3) is 0.444. The zero-order valence-electron chi connectivity index (χ0n) is 20.6. The van der Waals surface area contributed by atoms with Gasteiger partial charge in [0.15, 0.2) is 0 Å². The van der Waals surface area contributed by atoms with E-state index in [0.717, 1.165) is 29.9 Å². The van der Waals surface area contributed by atoms with Crippen LogP contribution in [-0.4, -0.2) is 45.9 Å². The third-order valence-corrected chi connectivity index (χ3v) is 5.86. The van der Waals surface area contributed by atoms with Gasteiger partial charge in [-0.2, -0.15) is 0 Å². The Morgan fingerprint density at radius 1 is 1.00 bits per heavy atom. The minimum atomic E-state index is -0.188. The molecule has 34 heavy (non-hydrogen) atoms. The summed E-state index contributed by atoms with van der Waals surface area (Å²) >= 11 is 6.12. The molecule has 0 fully saturated rings. The van der Waals surface area contributed by atoms with Gasteiger partial charge in [0.05, 0.1) is 21.6 Å². The average Bonchev–Trinajstić information content (AvgIpc) is 3.13. The largest absolute Gasteiger partial charge is 0.352 e. The fourth-order valence-corrected chi connectivity index (χ4v) is 4.30. The summed E-state index contributed by atoms with van der Waals surface area (Å²) in [5.74, 6) is 1.59. The predicted molar refractivity (Wildman–Crippen MR) is 138 cm³/mol. The van der Waals surface area contributed by atoms with Gasteiger partial charge in [-0.1, -0.05) is 63.6 Å². The maximum atomic E-state index is 13.3. The number of rotatable bonds is 11. The smallest absolute Gasteiger partial charge is 0.252 e. The summed E-state index contributed by atoms with van der Waals surface area (Å²) in [7, 11) is 0. The van der Waals surface area contributed by atoms with Crippen LogP contribution < -0.4 is 5.32 Å². The molecule has 0 aliphatic carbocycles. The van der Waals surface area contributed by atoms with Crippen LogP contribution in [0.4, 0.5) is 0 Å². The Morgan fingerprint density at radius 3 is 2.32 bits per heavy atom. The molecule has 0 unspecified atom stereocenters. The Bertz CT molecular complexity index is 1110. The van der Waals surface area contributed by atoms with E-state index in [1.54, 1.807) is 24.3 Å². The van der Waals surface area contributed by atoms with Gasteiger partial charge in [-0.25, -0.2) is 4.98 Å². The van der Waals surface area contributed by atoms with Gasteiger partial charge in [0.1, 0.15) is 12.4 Å². The minimum absolute atomic E-state index is 0.110. The van der Waals surface area contributed by atoms with E-state index in [1.165, 1.54) is 0 Å². The van der Waals surface area contributed by atoms with Gasteiger partial charge in [0.25, 0.3) is 5.91 Å². The van der Waals surface area contributed by atoms with Crippen molar-refractivity contribution in [3.8, 4) is 0 Å². The van der Waals surface area contributed by atoms with Crippen molar-refractivity contribution in [3.63, 3.8) is 0 Å². The summed E-state index contributed by atoms with van der Waals surface area (Å²) in [5, 5.41) is 3.37. The summed E-state index contributed by atoms with van der Waals surface area (Å²) < 4.78 is 2.03. The van der Waals surface area contributed by atoms with E-state index in [9.17, 15) is 9.59 Å². The van der Waals surface area contributed by atoms with Crippen LogP contribution in [0.25, 0.3) is 11.0 Å². The Kier molecular flexibility index (Phi) is 9.11. The SMILES string of the molecule is CC(C)CN(CC(C)C)C(=O)Cn1c(CCCNC(=O)c2ccccc2Cl)nc2ccccc21. The number of para-hydroxylation sites is 2. The standard InChI is InChI=1S/C27H35ClN4O2/c1-19(2)16-31(17-20(3)4)26(33)18-32-24-13-8-7-12-23(24)30-25(32)14-9-15-29-27(34)21-10-5-6-11-22(21)28/h5-8,10-13,19-20H,9,14-18H2,1-4H3,(H,29,34). The molecule has 3 aromatic rings. The maximum absolute atomic E-state index is 13.3. The molecule has 6 nitrogen and oxygen atoms in total. The van der Waals surface area contributed by atoms with Crippen LogP contribution in [-0.2, 0) is 17.8 Å². The fourth-order valence-electron chi connectivity index (χ4n) is 4.08. The number of amides is 2. The highest BCUT2D eigenvalue weighted by Gasteiger charge is 2.20. The number of fused-ring (bicyclic) bond motifs is 1. The number of halogens is 1. The van der Waals surface area contributed by atoms with Crippen molar-refractivity contribution in [3.05, 3.63) is 64.9 Å². The van der Waals surface area contributed by atoms with Gasteiger partial charge in [-0.3, -0.25) is 9.59 Å². The molecule has 182 valence electrons. The number of benzene rings is 2. The van der Waals surface area contributed by atoms with Crippen molar-refractivity contribution in [1.82, 2.24) is 19.8 Å². The van der Waals surface area contributed by atoms with E-state index in [4.69, 9.17) is 16.6 Å². The topological polar surface area (TPSA) is 67.2 Å². The normalized spacial score (nSPS) is 11.4. The third kappa shape index (κ3) is 6.83. The first-order chi connectivity index (χ1) is 16.3. The highest BCUT2D eigenvalue weighted by molar-refractivity contribution is 6.33. The van der Waals surface area contributed by atoms with Gasteiger partial charge in [0.2, 0.25) is 5.91 Å². The molecule has 0 saturated heterocycles. The molecule has 0 saturated carbocycles. The Morgan fingerprint density at radius 2 is 1.65 bits per heavy atom. The number of imidazole rings is 1. The predicted octanol–water partition coefficient (Wildman–Crippen LogP) is 5.19. The molecule has 1 aromatic heterocycles. The lowest BCUT2D eigenvalue weighted by atomic mass is 10.1. The quantitative estimate of drug-likeness (QED) is 0.382. The van der Waals surface area contributed by atoms with E-state index < -0.39 is 0 Å². The number of hydrogen-bond acceptors (Lipinski definition) is 3. The Balaban J connectivity index is 1.70. The van der Waals surface area contributed by atoms with Gasteiger partial charge < -0.3 is 14.8 Å². The van der Waals surface area contributed by atoms with Crippen LogP contribution >= 0.6 is 11.6 Å². The van der Waals surface area contributed by atoms with Crippen LogP contribution in [0.5, 0.6) is 0 Å². The number of aryl methyl sites for hydroxylation is 1. The number of hydrogen-bond donors (Lipinski definition) is 1. The number of nitrogens with zero attached hydrogens (tertiary/aromatic N) is 3. The van der Waals surface area contributed by atoms with Crippen LogP contribution in [0.3, 0.4) is 0 Å². The highest BCUT2D eigenvalue weighted by Crippen LogP contribution is 2.19. The second-order valence-electron chi connectivity index (χ2n) is 9.53. The summed E-state index contributed by atoms with van der Waals surface area (Å²) in [6, 6.07) is 14.9. The first kappa shape index (κ1) is 25.8. The van der Waals surface area contributed by atoms with E-state index in [-0.39, 0.29) is 18.4 Å². The van der Waals surface area contributed by atoms with Crippen LogP contribution in [0.2, 0.25) is 5.02 Å². The molecule has 2 aromatic carbocycles. The lowest BCUT2D eigenvalue weighted by Gasteiger charge is -2.27. The third-order valence-electron chi connectivity index (χ3n) is 5.53. The van der Waals surface area contributed by atoms with Gasteiger partial charge in [-0.15, -0.1) is 0 Å². The summed E-state index contributed by atoms with van der Waals surface area (Å²) in [4.78, 5) is 32.5. The summed E-state index contributed by atoms with van der Waals surface area (Å²) in [5.41, 5.74) is 2.31. The van der Waals surface area contributed by atoms with Crippen molar-refractivity contribution < 1.29 is 9.59 Å². The lowest BCUT2D eigenvalue weighted by Crippen LogP contribution is -2.39. The second kappa shape index (κ2) is 12.0. The Hall–Kier alpha value is -2.86. The monoisotopic (exact) mass is 482 g/mol. The molecule has 0 spiro atoms. The molecule has 2 amide bonds. The van der Waals surface area contributed by atoms with E-state index in [2.05, 4.69) is 33.0 Å². The van der Waals surface area contributed by atoms with Gasteiger partial charge in [0, 0.05) is 26.1 Å². The highest BCUT2D eigenvalue weighted by atomic mass is 35.5. The van der Waals surface area contributed by atoms with Crippen molar-refractivity contribution in [2.75, 3.05) is 19.6 Å². The van der Waals surface area contributed by atoms with Crippen LogP contribution in [0.1, 0.15) is 50.3 Å². The molecular weight excluding hydrogens is 448 g/mol. The molecular formula is C27H35ClN4O2. The van der Waals surface area contributed by atoms with E-state index in [1.807, 2.05) is 33.7 Å². The molecule has 0 radical (unpaired) electrons. The number of aromatic nitrogens is 2. The minimum Gasteiger partial charge on any atom is -0.352 e. The zero-order chi connectivity index (χ0) is 24.7. The molecule has 7 heteroatoms. The van der Waals surface area contributed by atoms with Crippen molar-refractivity contribution in [2.24, 2.45) is 11.8 Å². The molecule has 0 atom stereocenters. The van der Waals surface area contributed by atoms with Crippen molar-refractivity contribution in [1.29, 1.82) is 0 Å². The molecule has 1 heterocycles. The zero-order valence-corrected chi connectivity index (χ0v) is 21.3. The van der Waals surface area contributed by atoms with Crippen molar-refractivity contribution >= 4 is 34.4 Å². The lowest BCUT2D eigenvalue weighted by molar-refractivity contribution is -0.132. The molecule has 0 aliphatic heterocycles. The summed E-state index contributed by atoms with van der Waals surface area (Å²) in [6.45, 7) is 10.8. The molecule has 0 bridgehead atoms. The Labute approximate surface area is 207 Å². The van der Waals surface area contributed by atoms with Gasteiger partial charge >= 0.3 is 0 Å². The number of carbonyl (C=O) groups excluding carboxylic acids is 2. The van der Waals surface area contributed by atoms with E-state index >= 15 is 0 Å². The molecule has 0 aliphatic rings. The molecule has 3 rings (SSSR count). The number of carbonyl (C=O) groups is 2. The van der Waals surface area contributed by atoms with E-state index in [0.29, 0.717) is 41.8 Å². The molecule has 1 N–H and O–H groups in total. The van der Waals surface area contributed by atoms with Gasteiger partial charge in [-0.05, 0) is 42.5 Å². The summed E-state index contributed by atoms with van der Waals surface area (Å²) in [6.07, 6.45) is 1.36. The van der Waals surface area contributed by atoms with Crippen molar-refractivity contribution in [2.45, 2.75) is 47.1 Å². The average molecular weight is 483 g/mol. The van der Waals surface area contributed by atoms with Crippen LogP contribution in [0, 0.1) is 11.8 Å². The van der Waals surface area contributed by atoms with Crippen LogP contribution in [0.15, 0.2) is 48.5 Å². The second-order valence-corrected chi connectivity index (χ2v) is 9.94.